The minimum absolute atomic E-state index is 0.0661. The number of ether oxygens (including phenoxy) is 2. The number of rotatable bonds is 9. The molecule has 1 aromatic heterocycles. The molecule has 1 fully saturated rings. The second kappa shape index (κ2) is 10.9. The zero-order valence-corrected chi connectivity index (χ0v) is 20.5. The third-order valence-corrected chi connectivity index (χ3v) is 7.19. The zero-order chi connectivity index (χ0) is 23.4. The minimum Gasteiger partial charge on any atom is -0.491 e. The van der Waals surface area contributed by atoms with E-state index in [4.69, 9.17) is 42.8 Å². The Bertz CT molecular complexity index is 1130. The highest BCUT2D eigenvalue weighted by atomic mass is 35.5. The van der Waals surface area contributed by atoms with Crippen LogP contribution in [0, 0.1) is 0 Å². The van der Waals surface area contributed by atoms with E-state index in [0.717, 1.165) is 35.0 Å². The quantitative estimate of drug-likeness (QED) is 0.456. The average molecular weight is 510 g/mol. The third kappa shape index (κ3) is 6.07. The van der Waals surface area contributed by atoms with Gasteiger partial charge in [-0.1, -0.05) is 40.6 Å². The Labute approximate surface area is 206 Å². The van der Waals surface area contributed by atoms with E-state index in [2.05, 4.69) is 9.80 Å². The second-order valence-electron chi connectivity index (χ2n) is 7.88. The van der Waals surface area contributed by atoms with Crippen molar-refractivity contribution in [3.05, 3.63) is 52.0 Å². The van der Waals surface area contributed by atoms with Crippen LogP contribution in [0.2, 0.25) is 10.0 Å². The van der Waals surface area contributed by atoms with Gasteiger partial charge in [-0.25, -0.2) is 4.98 Å². The second-order valence-corrected chi connectivity index (χ2v) is 9.74. The fraction of sp³-hybridized carbons (Fsp3) is 0.391. The maximum atomic E-state index is 11.0. The largest absolute Gasteiger partial charge is 0.491 e. The lowest BCUT2D eigenvalue weighted by Gasteiger charge is -2.41. The standard InChI is InChI=1S/C23H25Cl2N3O4S/c1-31-14-17-13-28(23-26-19-5-3-16(24)12-21(19)33-23)7-6-27(17)8-9-32-20-10-15(11-22(29)30)2-4-18(20)25/h2-5,10,12,17H,6-9,11,13-14H2,1H3,(H,29,30). The summed E-state index contributed by atoms with van der Waals surface area (Å²) in [5.74, 6) is -0.384. The topological polar surface area (TPSA) is 75.1 Å². The van der Waals surface area contributed by atoms with Crippen LogP contribution in [0.3, 0.4) is 0 Å². The number of carbonyl (C=O) groups is 1. The average Bonchev–Trinajstić information content (AvgIpc) is 3.20. The molecule has 2 heterocycles. The normalized spacial score (nSPS) is 16.9. The molecule has 10 heteroatoms. The summed E-state index contributed by atoms with van der Waals surface area (Å²) < 4.78 is 12.5. The Morgan fingerprint density at radius 2 is 2.09 bits per heavy atom. The van der Waals surface area contributed by atoms with Crippen molar-refractivity contribution in [1.82, 2.24) is 9.88 Å². The van der Waals surface area contributed by atoms with E-state index in [0.29, 0.717) is 41.1 Å². The summed E-state index contributed by atoms with van der Waals surface area (Å²) in [5.41, 5.74) is 1.62. The molecule has 0 radical (unpaired) electrons. The van der Waals surface area contributed by atoms with Crippen molar-refractivity contribution in [3.8, 4) is 5.75 Å². The Balaban J connectivity index is 1.37. The van der Waals surface area contributed by atoms with Gasteiger partial charge in [-0.15, -0.1) is 0 Å². The van der Waals surface area contributed by atoms with Crippen LogP contribution in [-0.4, -0.2) is 73.5 Å². The number of carboxylic acid groups (broad SMARTS) is 1. The summed E-state index contributed by atoms with van der Waals surface area (Å²) in [6, 6.07) is 11.0. The minimum atomic E-state index is -0.889. The number of hydrogen-bond donors (Lipinski definition) is 1. The highest BCUT2D eigenvalue weighted by Crippen LogP contribution is 2.32. The molecule has 1 atom stereocenters. The highest BCUT2D eigenvalue weighted by molar-refractivity contribution is 7.22. The fourth-order valence-corrected chi connectivity index (χ4v) is 5.40. The molecule has 1 aliphatic heterocycles. The van der Waals surface area contributed by atoms with E-state index in [1.807, 2.05) is 18.2 Å². The first-order valence-electron chi connectivity index (χ1n) is 10.6. The lowest BCUT2D eigenvalue weighted by molar-refractivity contribution is -0.136. The molecule has 33 heavy (non-hydrogen) atoms. The zero-order valence-electron chi connectivity index (χ0n) is 18.2. The SMILES string of the molecule is COCC1CN(c2nc3ccc(Cl)cc3s2)CCN1CCOc1cc(CC(=O)O)ccc1Cl. The molecule has 0 spiro atoms. The van der Waals surface area contributed by atoms with Crippen LogP contribution in [0.1, 0.15) is 5.56 Å². The maximum Gasteiger partial charge on any atom is 0.307 e. The molecule has 7 nitrogen and oxygen atoms in total. The van der Waals surface area contributed by atoms with Gasteiger partial charge in [0, 0.05) is 38.3 Å². The summed E-state index contributed by atoms with van der Waals surface area (Å²) in [7, 11) is 1.71. The van der Waals surface area contributed by atoms with Gasteiger partial charge >= 0.3 is 5.97 Å². The number of benzene rings is 2. The predicted octanol–water partition coefficient (Wildman–Crippen LogP) is 4.45. The van der Waals surface area contributed by atoms with Crippen LogP contribution in [0.15, 0.2) is 36.4 Å². The monoisotopic (exact) mass is 509 g/mol. The van der Waals surface area contributed by atoms with Crippen molar-refractivity contribution in [2.24, 2.45) is 0 Å². The van der Waals surface area contributed by atoms with Crippen molar-refractivity contribution >= 4 is 55.9 Å². The van der Waals surface area contributed by atoms with E-state index < -0.39 is 5.97 Å². The van der Waals surface area contributed by atoms with Crippen LogP contribution < -0.4 is 9.64 Å². The van der Waals surface area contributed by atoms with E-state index in [9.17, 15) is 4.79 Å². The molecule has 0 bridgehead atoms. The summed E-state index contributed by atoms with van der Waals surface area (Å²) in [4.78, 5) is 20.4. The number of aliphatic carboxylic acids is 1. The first-order valence-corrected chi connectivity index (χ1v) is 12.2. The van der Waals surface area contributed by atoms with E-state index in [1.54, 1.807) is 36.6 Å². The van der Waals surface area contributed by atoms with Gasteiger partial charge in [0.25, 0.3) is 0 Å². The number of thiazole rings is 1. The molecule has 1 N–H and O–H groups in total. The third-order valence-electron chi connectivity index (χ3n) is 5.56. The van der Waals surface area contributed by atoms with Gasteiger partial charge in [-0.3, -0.25) is 9.69 Å². The molecule has 1 saturated heterocycles. The van der Waals surface area contributed by atoms with Crippen LogP contribution in [0.25, 0.3) is 10.2 Å². The van der Waals surface area contributed by atoms with Gasteiger partial charge in [0.05, 0.1) is 34.3 Å². The number of aromatic nitrogens is 1. The number of fused-ring (bicyclic) bond motifs is 1. The molecule has 4 rings (SSSR count). The smallest absolute Gasteiger partial charge is 0.307 e. The van der Waals surface area contributed by atoms with Crippen LogP contribution in [0.5, 0.6) is 5.75 Å². The summed E-state index contributed by atoms with van der Waals surface area (Å²) in [6.45, 7) is 4.24. The Morgan fingerprint density at radius 1 is 1.24 bits per heavy atom. The van der Waals surface area contributed by atoms with Crippen molar-refractivity contribution in [3.63, 3.8) is 0 Å². The first kappa shape index (κ1) is 24.0. The maximum absolute atomic E-state index is 11.0. The number of hydrogen-bond acceptors (Lipinski definition) is 7. The number of halogens is 2. The van der Waals surface area contributed by atoms with Crippen LogP contribution in [-0.2, 0) is 16.0 Å². The fourth-order valence-electron chi connectivity index (χ4n) is 3.95. The molecular weight excluding hydrogens is 485 g/mol. The lowest BCUT2D eigenvalue weighted by Crippen LogP contribution is -2.55. The van der Waals surface area contributed by atoms with E-state index in [1.165, 1.54) is 0 Å². The summed E-state index contributed by atoms with van der Waals surface area (Å²) >= 11 is 14.0. The van der Waals surface area contributed by atoms with Gasteiger partial charge in [-0.2, -0.15) is 0 Å². The number of carboxylic acids is 1. The number of piperazine rings is 1. The molecule has 2 aromatic carbocycles. The first-order chi connectivity index (χ1) is 15.9. The van der Waals surface area contributed by atoms with Gasteiger partial charge in [0.15, 0.2) is 5.13 Å². The van der Waals surface area contributed by atoms with Crippen molar-refractivity contribution < 1.29 is 19.4 Å². The molecule has 1 aliphatic rings. The Kier molecular flexibility index (Phi) is 7.93. The molecule has 176 valence electrons. The van der Waals surface area contributed by atoms with E-state index >= 15 is 0 Å². The van der Waals surface area contributed by atoms with Gasteiger partial charge in [0.1, 0.15) is 12.4 Å². The number of nitrogens with zero attached hydrogens (tertiary/aromatic N) is 3. The molecule has 0 amide bonds. The molecule has 1 unspecified atom stereocenters. The molecule has 0 saturated carbocycles. The summed E-state index contributed by atoms with van der Waals surface area (Å²) in [6.07, 6.45) is -0.0661. The predicted molar refractivity (Wildman–Crippen MR) is 132 cm³/mol. The van der Waals surface area contributed by atoms with Gasteiger partial charge in [0.2, 0.25) is 0 Å². The molecule has 0 aliphatic carbocycles. The Hall–Kier alpha value is -2.10. The van der Waals surface area contributed by atoms with Gasteiger partial charge < -0.3 is 19.5 Å². The van der Waals surface area contributed by atoms with Gasteiger partial charge in [-0.05, 0) is 35.9 Å². The van der Waals surface area contributed by atoms with Crippen LogP contribution in [0.4, 0.5) is 5.13 Å². The number of anilines is 1. The molecular formula is C23H25Cl2N3O4S. The molecule has 3 aromatic rings. The van der Waals surface area contributed by atoms with Crippen molar-refractivity contribution in [2.45, 2.75) is 12.5 Å². The van der Waals surface area contributed by atoms with Crippen LogP contribution >= 0.6 is 34.5 Å². The summed E-state index contributed by atoms with van der Waals surface area (Å²) in [5, 5.41) is 11.2. The number of methoxy groups -OCH3 is 1. The lowest BCUT2D eigenvalue weighted by atomic mass is 10.1. The van der Waals surface area contributed by atoms with Crippen molar-refractivity contribution in [1.29, 1.82) is 0 Å². The van der Waals surface area contributed by atoms with Crippen molar-refractivity contribution in [2.75, 3.05) is 51.4 Å². The van der Waals surface area contributed by atoms with E-state index in [-0.39, 0.29) is 12.5 Å². The Morgan fingerprint density at radius 3 is 2.88 bits per heavy atom. The highest BCUT2D eigenvalue weighted by Gasteiger charge is 2.28.